The highest BCUT2D eigenvalue weighted by molar-refractivity contribution is 5.94. The molecule has 0 aliphatic rings. The van der Waals surface area contributed by atoms with Crippen molar-refractivity contribution in [1.29, 1.82) is 0 Å². The van der Waals surface area contributed by atoms with Crippen LogP contribution < -0.4 is 5.32 Å². The molecule has 0 aliphatic carbocycles. The number of amides is 1. The van der Waals surface area contributed by atoms with Crippen LogP contribution in [0.5, 0.6) is 0 Å². The van der Waals surface area contributed by atoms with Crippen LogP contribution in [0.15, 0.2) is 18.2 Å². The van der Waals surface area contributed by atoms with Gasteiger partial charge in [0.2, 0.25) is 0 Å². The number of hydrogen-bond acceptors (Lipinski definition) is 2. The SMILES string of the molecule is Cc1ccc(C(=O)NC(CCO)C(C)C)cc1F. The molecule has 1 amide bonds. The molecule has 0 aromatic heterocycles. The molecule has 2 N–H and O–H groups in total. The van der Waals surface area contributed by atoms with Gasteiger partial charge >= 0.3 is 0 Å². The largest absolute Gasteiger partial charge is 0.396 e. The topological polar surface area (TPSA) is 49.3 Å². The third-order valence-electron chi connectivity index (χ3n) is 3.00. The minimum atomic E-state index is -0.383. The van der Waals surface area contributed by atoms with Gasteiger partial charge in [-0.05, 0) is 37.0 Å². The fourth-order valence-corrected chi connectivity index (χ4v) is 1.70. The van der Waals surface area contributed by atoms with Gasteiger partial charge in [-0.3, -0.25) is 4.79 Å². The molecular weight excluding hydrogens is 233 g/mol. The Labute approximate surface area is 107 Å². The Bertz CT molecular complexity index is 418. The molecule has 1 rings (SSSR count). The summed E-state index contributed by atoms with van der Waals surface area (Å²) in [5.74, 6) is -0.469. The summed E-state index contributed by atoms with van der Waals surface area (Å²) < 4.78 is 13.4. The molecule has 0 heterocycles. The third kappa shape index (κ3) is 3.81. The molecule has 4 heteroatoms. The van der Waals surface area contributed by atoms with Gasteiger partial charge in [0.25, 0.3) is 5.91 Å². The van der Waals surface area contributed by atoms with Crippen molar-refractivity contribution < 1.29 is 14.3 Å². The van der Waals surface area contributed by atoms with Crippen LogP contribution in [0.2, 0.25) is 0 Å². The summed E-state index contributed by atoms with van der Waals surface area (Å²) in [6, 6.07) is 4.32. The zero-order chi connectivity index (χ0) is 13.7. The number of aryl methyl sites for hydroxylation is 1. The van der Waals surface area contributed by atoms with E-state index in [0.717, 1.165) is 0 Å². The van der Waals surface area contributed by atoms with E-state index in [0.29, 0.717) is 17.5 Å². The van der Waals surface area contributed by atoms with E-state index in [2.05, 4.69) is 5.32 Å². The van der Waals surface area contributed by atoms with Gasteiger partial charge in [-0.15, -0.1) is 0 Å². The van der Waals surface area contributed by atoms with E-state index in [4.69, 9.17) is 5.11 Å². The van der Waals surface area contributed by atoms with Crippen LogP contribution in [0.4, 0.5) is 4.39 Å². The van der Waals surface area contributed by atoms with E-state index in [-0.39, 0.29) is 30.3 Å². The Kier molecular flexibility index (Phi) is 5.28. The molecule has 1 aromatic rings. The van der Waals surface area contributed by atoms with E-state index in [1.54, 1.807) is 19.1 Å². The number of aliphatic hydroxyl groups excluding tert-OH is 1. The molecule has 1 unspecified atom stereocenters. The third-order valence-corrected chi connectivity index (χ3v) is 3.00. The monoisotopic (exact) mass is 253 g/mol. The lowest BCUT2D eigenvalue weighted by Gasteiger charge is -2.21. The summed E-state index contributed by atoms with van der Waals surface area (Å²) in [7, 11) is 0. The van der Waals surface area contributed by atoms with Gasteiger partial charge in [-0.1, -0.05) is 19.9 Å². The molecule has 0 fully saturated rings. The molecule has 18 heavy (non-hydrogen) atoms. The van der Waals surface area contributed by atoms with Crippen molar-refractivity contribution in [2.45, 2.75) is 33.2 Å². The molecule has 0 aliphatic heterocycles. The lowest BCUT2D eigenvalue weighted by Crippen LogP contribution is -2.39. The second-order valence-electron chi connectivity index (χ2n) is 4.80. The number of carbonyl (C=O) groups is 1. The number of aliphatic hydroxyl groups is 1. The van der Waals surface area contributed by atoms with Gasteiger partial charge < -0.3 is 10.4 Å². The smallest absolute Gasteiger partial charge is 0.251 e. The molecule has 0 radical (unpaired) electrons. The highest BCUT2D eigenvalue weighted by Crippen LogP contribution is 2.11. The van der Waals surface area contributed by atoms with E-state index in [9.17, 15) is 9.18 Å². The Morgan fingerprint density at radius 1 is 1.44 bits per heavy atom. The predicted octanol–water partition coefficient (Wildman–Crippen LogP) is 2.27. The van der Waals surface area contributed by atoms with Gasteiger partial charge in [-0.25, -0.2) is 4.39 Å². The number of nitrogens with one attached hydrogen (secondary N) is 1. The van der Waals surface area contributed by atoms with Crippen molar-refractivity contribution in [2.75, 3.05) is 6.61 Å². The molecule has 0 spiro atoms. The van der Waals surface area contributed by atoms with Crippen LogP contribution in [0.25, 0.3) is 0 Å². The van der Waals surface area contributed by atoms with Crippen molar-refractivity contribution in [3.8, 4) is 0 Å². The van der Waals surface area contributed by atoms with Gasteiger partial charge in [0.15, 0.2) is 0 Å². The first-order chi connectivity index (χ1) is 8.45. The molecule has 1 aromatic carbocycles. The fourth-order valence-electron chi connectivity index (χ4n) is 1.70. The van der Waals surface area contributed by atoms with Crippen LogP contribution in [-0.2, 0) is 0 Å². The average molecular weight is 253 g/mol. The average Bonchev–Trinajstić information content (AvgIpc) is 2.31. The number of hydrogen-bond donors (Lipinski definition) is 2. The molecular formula is C14H20FNO2. The van der Waals surface area contributed by atoms with E-state index < -0.39 is 0 Å². The van der Waals surface area contributed by atoms with Crippen LogP contribution in [0, 0.1) is 18.7 Å². The highest BCUT2D eigenvalue weighted by Gasteiger charge is 2.17. The second-order valence-corrected chi connectivity index (χ2v) is 4.80. The Balaban J connectivity index is 2.77. The number of carbonyl (C=O) groups excluding carboxylic acids is 1. The molecule has 3 nitrogen and oxygen atoms in total. The maximum Gasteiger partial charge on any atom is 0.251 e. The summed E-state index contributed by atoms with van der Waals surface area (Å²) in [6.07, 6.45) is 0.498. The standard InChI is InChI=1S/C14H20FNO2/c1-9(2)13(6-7-17)16-14(18)11-5-4-10(3)12(15)8-11/h4-5,8-9,13,17H,6-7H2,1-3H3,(H,16,18). The van der Waals surface area contributed by atoms with Gasteiger partial charge in [0.05, 0.1) is 0 Å². The maximum absolute atomic E-state index is 13.4. The number of rotatable bonds is 5. The molecule has 0 saturated carbocycles. The van der Waals surface area contributed by atoms with Gasteiger partial charge in [0.1, 0.15) is 5.82 Å². The molecule has 0 bridgehead atoms. The lowest BCUT2D eigenvalue weighted by molar-refractivity contribution is 0.0916. The first-order valence-corrected chi connectivity index (χ1v) is 6.13. The summed E-state index contributed by atoms with van der Waals surface area (Å²) >= 11 is 0. The zero-order valence-corrected chi connectivity index (χ0v) is 11.0. The molecule has 100 valence electrons. The fraction of sp³-hybridized carbons (Fsp3) is 0.500. The van der Waals surface area contributed by atoms with Gasteiger partial charge in [0, 0.05) is 18.2 Å². The van der Waals surface area contributed by atoms with Crippen molar-refractivity contribution in [2.24, 2.45) is 5.92 Å². The summed E-state index contributed by atoms with van der Waals surface area (Å²) in [6.45, 7) is 5.61. The first-order valence-electron chi connectivity index (χ1n) is 6.13. The van der Waals surface area contributed by atoms with Gasteiger partial charge in [-0.2, -0.15) is 0 Å². The van der Waals surface area contributed by atoms with Crippen molar-refractivity contribution in [3.05, 3.63) is 35.1 Å². The summed E-state index contributed by atoms with van der Waals surface area (Å²) in [5, 5.41) is 11.8. The van der Waals surface area contributed by atoms with E-state index >= 15 is 0 Å². The highest BCUT2D eigenvalue weighted by atomic mass is 19.1. The summed E-state index contributed by atoms with van der Waals surface area (Å²) in [4.78, 5) is 11.9. The van der Waals surface area contributed by atoms with E-state index in [1.165, 1.54) is 6.07 Å². The zero-order valence-electron chi connectivity index (χ0n) is 11.0. The molecule has 1 atom stereocenters. The predicted molar refractivity (Wildman–Crippen MR) is 68.9 cm³/mol. The second kappa shape index (κ2) is 6.50. The maximum atomic E-state index is 13.4. The van der Waals surface area contributed by atoms with Crippen molar-refractivity contribution in [1.82, 2.24) is 5.32 Å². The number of halogens is 1. The molecule has 0 saturated heterocycles. The minimum absolute atomic E-state index is 0.0192. The van der Waals surface area contributed by atoms with Crippen LogP contribution in [0.3, 0.4) is 0 Å². The Morgan fingerprint density at radius 2 is 2.11 bits per heavy atom. The van der Waals surface area contributed by atoms with Crippen LogP contribution in [-0.4, -0.2) is 23.7 Å². The lowest BCUT2D eigenvalue weighted by atomic mass is 10.0. The quantitative estimate of drug-likeness (QED) is 0.845. The van der Waals surface area contributed by atoms with E-state index in [1.807, 2.05) is 13.8 Å². The number of benzene rings is 1. The Morgan fingerprint density at radius 3 is 2.61 bits per heavy atom. The minimum Gasteiger partial charge on any atom is -0.396 e. The summed E-state index contributed by atoms with van der Waals surface area (Å²) in [5.41, 5.74) is 0.823. The Hall–Kier alpha value is -1.42. The first kappa shape index (κ1) is 14.6. The van der Waals surface area contributed by atoms with Crippen molar-refractivity contribution in [3.63, 3.8) is 0 Å². The normalized spacial score (nSPS) is 12.6. The van der Waals surface area contributed by atoms with Crippen LogP contribution in [0.1, 0.15) is 36.2 Å². The van der Waals surface area contributed by atoms with Crippen LogP contribution >= 0.6 is 0 Å². The van der Waals surface area contributed by atoms with Crippen molar-refractivity contribution >= 4 is 5.91 Å².